The van der Waals surface area contributed by atoms with Crippen molar-refractivity contribution in [2.24, 2.45) is 0 Å². The molecule has 1 heterocycles. The van der Waals surface area contributed by atoms with Crippen LogP contribution in [0.4, 0.5) is 0 Å². The van der Waals surface area contributed by atoms with Gasteiger partial charge in [-0.1, -0.05) is 35.9 Å². The summed E-state index contributed by atoms with van der Waals surface area (Å²) in [6.45, 7) is 5.15. The Balaban J connectivity index is 2.03. The summed E-state index contributed by atoms with van der Waals surface area (Å²) in [6, 6.07) is 9.30. The Kier molecular flexibility index (Phi) is 5.79. The smallest absolute Gasteiger partial charge is 0.258 e. The predicted molar refractivity (Wildman–Crippen MR) is 107 cm³/mol. The van der Waals surface area contributed by atoms with Crippen LogP contribution in [-0.2, 0) is 17.8 Å². The second-order valence-corrected chi connectivity index (χ2v) is 7.16. The Morgan fingerprint density at radius 1 is 1.11 bits per heavy atom. The maximum Gasteiger partial charge on any atom is 0.258 e. The molecule has 148 valence electrons. The number of carbonyl (C=O) groups excluding carboxylic acids is 2. The molecule has 7 heteroatoms. The fraction of sp³-hybridized carbons (Fsp3) is 0.333. The largest absolute Gasteiger partial charge is 0.507 e. The number of phenolic OH excluding ortho intramolecular Hbond substituents is 2. The van der Waals surface area contributed by atoms with Gasteiger partial charge in [-0.05, 0) is 31.0 Å². The van der Waals surface area contributed by atoms with Crippen molar-refractivity contribution in [3.05, 3.63) is 58.1 Å². The molecular formula is C21H23ClN2O4. The average Bonchev–Trinajstić information content (AvgIpc) is 2.70. The molecule has 0 radical (unpaired) electrons. The van der Waals surface area contributed by atoms with Crippen LogP contribution in [0.1, 0.15) is 35.3 Å². The molecule has 2 amide bonds. The van der Waals surface area contributed by atoms with E-state index >= 15 is 0 Å². The highest BCUT2D eigenvalue weighted by Crippen LogP contribution is 2.34. The molecule has 2 N–H and O–H groups in total. The molecule has 0 spiro atoms. The topological polar surface area (TPSA) is 81.1 Å². The summed E-state index contributed by atoms with van der Waals surface area (Å²) < 4.78 is 0. The monoisotopic (exact) mass is 402 g/mol. The van der Waals surface area contributed by atoms with Gasteiger partial charge in [0.25, 0.3) is 5.91 Å². The van der Waals surface area contributed by atoms with E-state index in [9.17, 15) is 19.8 Å². The van der Waals surface area contributed by atoms with Crippen molar-refractivity contribution in [1.29, 1.82) is 0 Å². The van der Waals surface area contributed by atoms with Crippen molar-refractivity contribution in [2.45, 2.75) is 32.9 Å². The quantitative estimate of drug-likeness (QED) is 0.823. The van der Waals surface area contributed by atoms with E-state index in [4.69, 9.17) is 11.6 Å². The van der Waals surface area contributed by atoms with E-state index in [-0.39, 0.29) is 34.5 Å². The molecule has 2 aromatic carbocycles. The normalized spacial score (nSPS) is 15.8. The standard InChI is InChI=1S/C21H23ClN2O4/c1-3-23(4-2)21(28)17-9-13-7-5-6-8-14(13)12-24(17)20(27)15-10-16(22)19(26)11-18(15)25/h5-8,10-11,17,25-26H,3-4,9,12H2,1-2H3/t17-/m1/s1. The Hall–Kier alpha value is -2.73. The van der Waals surface area contributed by atoms with Crippen LogP contribution >= 0.6 is 11.6 Å². The van der Waals surface area contributed by atoms with Crippen molar-refractivity contribution in [2.75, 3.05) is 13.1 Å². The minimum absolute atomic E-state index is 0.0369. The first-order valence-corrected chi connectivity index (χ1v) is 9.63. The molecular weight excluding hydrogens is 380 g/mol. The van der Waals surface area contributed by atoms with Gasteiger partial charge in [-0.15, -0.1) is 0 Å². The molecule has 0 fully saturated rings. The number of rotatable bonds is 4. The molecule has 1 aliphatic rings. The van der Waals surface area contributed by atoms with Gasteiger partial charge in [0, 0.05) is 32.1 Å². The van der Waals surface area contributed by atoms with Gasteiger partial charge in [0.1, 0.15) is 17.5 Å². The molecule has 6 nitrogen and oxygen atoms in total. The van der Waals surface area contributed by atoms with E-state index in [2.05, 4.69) is 0 Å². The lowest BCUT2D eigenvalue weighted by Crippen LogP contribution is -2.53. The lowest BCUT2D eigenvalue weighted by atomic mass is 9.92. The fourth-order valence-corrected chi connectivity index (χ4v) is 3.74. The van der Waals surface area contributed by atoms with Crippen molar-refractivity contribution in [3.63, 3.8) is 0 Å². The molecule has 0 aliphatic carbocycles. The third kappa shape index (κ3) is 3.64. The fourth-order valence-electron chi connectivity index (χ4n) is 3.58. The van der Waals surface area contributed by atoms with Crippen LogP contribution in [0.5, 0.6) is 11.5 Å². The molecule has 0 aromatic heterocycles. The van der Waals surface area contributed by atoms with E-state index in [1.165, 1.54) is 11.0 Å². The van der Waals surface area contributed by atoms with Crippen LogP contribution in [0.2, 0.25) is 5.02 Å². The van der Waals surface area contributed by atoms with Crippen LogP contribution in [-0.4, -0.2) is 51.0 Å². The van der Waals surface area contributed by atoms with Gasteiger partial charge in [-0.2, -0.15) is 0 Å². The van der Waals surface area contributed by atoms with Gasteiger partial charge in [-0.3, -0.25) is 9.59 Å². The number of aromatic hydroxyl groups is 2. The van der Waals surface area contributed by atoms with Gasteiger partial charge < -0.3 is 20.0 Å². The molecule has 1 aliphatic heterocycles. The molecule has 28 heavy (non-hydrogen) atoms. The van der Waals surface area contributed by atoms with Gasteiger partial charge in [-0.25, -0.2) is 0 Å². The predicted octanol–water partition coefficient (Wildman–Crippen LogP) is 3.19. The Morgan fingerprint density at radius 2 is 1.75 bits per heavy atom. The van der Waals surface area contributed by atoms with Gasteiger partial charge in [0.05, 0.1) is 10.6 Å². The van der Waals surface area contributed by atoms with Crippen LogP contribution < -0.4 is 0 Å². The van der Waals surface area contributed by atoms with Gasteiger partial charge >= 0.3 is 0 Å². The van der Waals surface area contributed by atoms with E-state index < -0.39 is 11.9 Å². The second-order valence-electron chi connectivity index (χ2n) is 6.75. The summed E-state index contributed by atoms with van der Waals surface area (Å²) >= 11 is 5.94. The van der Waals surface area contributed by atoms with Crippen molar-refractivity contribution in [1.82, 2.24) is 9.80 Å². The molecule has 0 saturated heterocycles. The average molecular weight is 403 g/mol. The summed E-state index contributed by atoms with van der Waals surface area (Å²) in [4.78, 5) is 29.6. The third-order valence-electron chi connectivity index (χ3n) is 5.17. The lowest BCUT2D eigenvalue weighted by Gasteiger charge is -2.38. The minimum atomic E-state index is -0.672. The summed E-state index contributed by atoms with van der Waals surface area (Å²) in [5.41, 5.74) is 1.95. The summed E-state index contributed by atoms with van der Waals surface area (Å²) in [5, 5.41) is 19.8. The van der Waals surface area contributed by atoms with Crippen LogP contribution in [0.3, 0.4) is 0 Å². The minimum Gasteiger partial charge on any atom is -0.507 e. The molecule has 2 aromatic rings. The zero-order chi connectivity index (χ0) is 20.4. The van der Waals surface area contributed by atoms with Crippen molar-refractivity contribution >= 4 is 23.4 Å². The summed E-state index contributed by atoms with van der Waals surface area (Å²) in [6.07, 6.45) is 0.407. The Labute approximate surface area is 169 Å². The van der Waals surface area contributed by atoms with Gasteiger partial charge in [0.15, 0.2) is 0 Å². The number of halogens is 1. The summed E-state index contributed by atoms with van der Waals surface area (Å²) in [5.74, 6) is -1.31. The first-order chi connectivity index (χ1) is 13.4. The van der Waals surface area contributed by atoms with Crippen LogP contribution in [0.15, 0.2) is 36.4 Å². The molecule has 3 rings (SSSR count). The number of phenols is 2. The Bertz CT molecular complexity index is 911. The number of likely N-dealkylation sites (N-methyl/N-ethyl adjacent to an activating group) is 1. The lowest BCUT2D eigenvalue weighted by molar-refractivity contribution is -0.136. The van der Waals surface area contributed by atoms with E-state index in [1.54, 1.807) is 4.90 Å². The number of benzene rings is 2. The first kappa shape index (κ1) is 20.0. The third-order valence-corrected chi connectivity index (χ3v) is 5.47. The van der Waals surface area contributed by atoms with Gasteiger partial charge in [0.2, 0.25) is 5.91 Å². The Morgan fingerprint density at radius 3 is 2.39 bits per heavy atom. The molecule has 0 saturated carbocycles. The highest BCUT2D eigenvalue weighted by atomic mass is 35.5. The SMILES string of the molecule is CCN(CC)C(=O)[C@H]1Cc2ccccc2CN1C(=O)c1cc(Cl)c(O)cc1O. The van der Waals surface area contributed by atoms with Crippen molar-refractivity contribution in [3.8, 4) is 11.5 Å². The number of fused-ring (bicyclic) bond motifs is 1. The van der Waals surface area contributed by atoms with Crippen molar-refractivity contribution < 1.29 is 19.8 Å². The zero-order valence-electron chi connectivity index (χ0n) is 15.9. The maximum atomic E-state index is 13.3. The number of hydrogen-bond acceptors (Lipinski definition) is 4. The molecule has 1 atom stereocenters. The number of amides is 2. The number of hydrogen-bond donors (Lipinski definition) is 2. The van der Waals surface area contributed by atoms with E-state index in [0.717, 1.165) is 17.2 Å². The van der Waals surface area contributed by atoms with Crippen LogP contribution in [0.25, 0.3) is 0 Å². The highest BCUT2D eigenvalue weighted by molar-refractivity contribution is 6.32. The zero-order valence-corrected chi connectivity index (χ0v) is 16.6. The second kappa shape index (κ2) is 8.10. The van der Waals surface area contributed by atoms with E-state index in [0.29, 0.717) is 19.5 Å². The number of nitrogens with zero attached hydrogens (tertiary/aromatic N) is 2. The highest BCUT2D eigenvalue weighted by Gasteiger charge is 2.37. The number of carbonyl (C=O) groups is 2. The van der Waals surface area contributed by atoms with Crippen LogP contribution in [0, 0.1) is 0 Å². The molecule has 0 bridgehead atoms. The summed E-state index contributed by atoms with van der Waals surface area (Å²) in [7, 11) is 0. The van der Waals surface area contributed by atoms with E-state index in [1.807, 2.05) is 38.1 Å². The molecule has 0 unspecified atom stereocenters. The maximum absolute atomic E-state index is 13.3. The first-order valence-electron chi connectivity index (χ1n) is 9.25.